The van der Waals surface area contributed by atoms with Crippen molar-refractivity contribution in [3.05, 3.63) is 65.1 Å². The molecule has 5 heteroatoms. The number of carbonyl (C=O) groups excluding carboxylic acids is 1. The van der Waals surface area contributed by atoms with Gasteiger partial charge in [-0.15, -0.1) is 0 Å². The molecule has 0 spiro atoms. The van der Waals surface area contributed by atoms with Crippen molar-refractivity contribution < 1.29 is 9.21 Å². The molecule has 21 heavy (non-hydrogen) atoms. The molecule has 0 radical (unpaired) electrons. The fourth-order valence-electron chi connectivity index (χ4n) is 1.60. The zero-order valence-electron chi connectivity index (χ0n) is 11.5. The molecule has 0 bridgehead atoms. The Morgan fingerprint density at radius 2 is 2.10 bits per heavy atom. The van der Waals surface area contributed by atoms with Gasteiger partial charge in [0.1, 0.15) is 5.76 Å². The maximum atomic E-state index is 11.7. The normalized spacial score (nSPS) is 11.8. The van der Waals surface area contributed by atoms with Crippen LogP contribution in [0.15, 0.2) is 58.3 Å². The first-order valence-electron chi connectivity index (χ1n) is 6.42. The number of furan rings is 1. The van der Waals surface area contributed by atoms with Crippen molar-refractivity contribution in [1.29, 1.82) is 0 Å². The van der Waals surface area contributed by atoms with E-state index in [0.29, 0.717) is 10.7 Å². The zero-order chi connectivity index (χ0) is 15.1. The summed E-state index contributed by atoms with van der Waals surface area (Å²) in [6, 6.07) is 10.8. The second kappa shape index (κ2) is 7.45. The van der Waals surface area contributed by atoms with Gasteiger partial charge in [-0.25, -0.2) is 5.43 Å². The molecular formula is C16H15ClN2O2. The van der Waals surface area contributed by atoms with E-state index in [1.807, 2.05) is 18.2 Å². The first kappa shape index (κ1) is 15.1. The summed E-state index contributed by atoms with van der Waals surface area (Å²) in [7, 11) is 0. The van der Waals surface area contributed by atoms with Crippen LogP contribution in [0.3, 0.4) is 0 Å². The van der Waals surface area contributed by atoms with E-state index in [-0.39, 0.29) is 12.3 Å². The summed E-state index contributed by atoms with van der Waals surface area (Å²) in [5, 5.41) is 4.65. The lowest BCUT2D eigenvalue weighted by molar-refractivity contribution is -0.120. The number of amides is 1. The Bertz CT molecular complexity index is 643. The Morgan fingerprint density at radius 1 is 1.33 bits per heavy atom. The van der Waals surface area contributed by atoms with Gasteiger partial charge >= 0.3 is 0 Å². The SMILES string of the molecule is CC(C=Cc1ccco1)=NNC(=O)Cc1ccc(Cl)cc1. The molecule has 0 aliphatic heterocycles. The van der Waals surface area contributed by atoms with E-state index in [2.05, 4.69) is 10.5 Å². The van der Waals surface area contributed by atoms with Gasteiger partial charge in [-0.3, -0.25) is 4.79 Å². The molecule has 2 aromatic rings. The molecule has 1 N–H and O–H groups in total. The van der Waals surface area contributed by atoms with Crippen LogP contribution in [0.25, 0.3) is 6.08 Å². The Labute approximate surface area is 128 Å². The molecule has 0 aliphatic rings. The van der Waals surface area contributed by atoms with Crippen molar-refractivity contribution in [2.75, 3.05) is 0 Å². The number of nitrogens with zero attached hydrogens (tertiary/aromatic N) is 1. The second-order valence-corrected chi connectivity index (χ2v) is 4.88. The number of nitrogens with one attached hydrogen (secondary N) is 1. The van der Waals surface area contributed by atoms with Gasteiger partial charge in [-0.2, -0.15) is 5.10 Å². The van der Waals surface area contributed by atoms with Crippen LogP contribution in [0.5, 0.6) is 0 Å². The van der Waals surface area contributed by atoms with Gasteiger partial charge < -0.3 is 4.42 Å². The molecule has 0 fully saturated rings. The molecule has 0 atom stereocenters. The van der Waals surface area contributed by atoms with Gasteiger partial charge in [-0.1, -0.05) is 23.7 Å². The number of hydrogen-bond acceptors (Lipinski definition) is 3. The first-order chi connectivity index (χ1) is 10.1. The maximum Gasteiger partial charge on any atom is 0.244 e. The van der Waals surface area contributed by atoms with Crippen molar-refractivity contribution in [3.8, 4) is 0 Å². The molecule has 0 saturated carbocycles. The third-order valence-corrected chi connectivity index (χ3v) is 2.92. The monoisotopic (exact) mass is 302 g/mol. The number of carbonyl (C=O) groups is 1. The minimum atomic E-state index is -0.178. The molecule has 1 amide bonds. The van der Waals surface area contributed by atoms with Crippen LogP contribution in [0.4, 0.5) is 0 Å². The highest BCUT2D eigenvalue weighted by molar-refractivity contribution is 6.30. The van der Waals surface area contributed by atoms with Crippen LogP contribution in [0, 0.1) is 0 Å². The summed E-state index contributed by atoms with van der Waals surface area (Å²) in [6.45, 7) is 1.79. The van der Waals surface area contributed by atoms with Crippen LogP contribution in [0.1, 0.15) is 18.2 Å². The van der Waals surface area contributed by atoms with E-state index < -0.39 is 0 Å². The highest BCUT2D eigenvalue weighted by Gasteiger charge is 2.02. The smallest absolute Gasteiger partial charge is 0.244 e. The van der Waals surface area contributed by atoms with Gasteiger partial charge in [0.15, 0.2) is 0 Å². The topological polar surface area (TPSA) is 54.6 Å². The third-order valence-electron chi connectivity index (χ3n) is 2.67. The van der Waals surface area contributed by atoms with Crippen molar-refractivity contribution in [1.82, 2.24) is 5.43 Å². The fraction of sp³-hybridized carbons (Fsp3) is 0.125. The molecule has 1 heterocycles. The number of halogens is 1. The lowest BCUT2D eigenvalue weighted by atomic mass is 10.1. The van der Waals surface area contributed by atoms with Crippen molar-refractivity contribution in [3.63, 3.8) is 0 Å². The molecule has 0 unspecified atom stereocenters. The fourth-order valence-corrected chi connectivity index (χ4v) is 1.73. The Kier molecular flexibility index (Phi) is 5.35. The predicted octanol–water partition coefficient (Wildman–Crippen LogP) is 3.68. The predicted molar refractivity (Wildman–Crippen MR) is 84.1 cm³/mol. The van der Waals surface area contributed by atoms with Gasteiger partial charge in [0.2, 0.25) is 5.91 Å². The highest BCUT2D eigenvalue weighted by atomic mass is 35.5. The molecular weight excluding hydrogens is 288 g/mol. The minimum Gasteiger partial charge on any atom is -0.465 e. The van der Waals surface area contributed by atoms with E-state index in [9.17, 15) is 4.79 Å². The molecule has 2 rings (SSSR count). The second-order valence-electron chi connectivity index (χ2n) is 4.44. The van der Waals surface area contributed by atoms with Crippen LogP contribution >= 0.6 is 11.6 Å². The molecule has 0 saturated heterocycles. The van der Waals surface area contributed by atoms with E-state index in [1.165, 1.54) is 0 Å². The van der Waals surface area contributed by atoms with Gasteiger partial charge in [0, 0.05) is 5.02 Å². The largest absolute Gasteiger partial charge is 0.465 e. The third kappa shape index (κ3) is 5.28. The summed E-state index contributed by atoms with van der Waals surface area (Å²) < 4.78 is 5.16. The van der Waals surface area contributed by atoms with Crippen LogP contribution in [-0.2, 0) is 11.2 Å². The average molecular weight is 303 g/mol. The van der Waals surface area contributed by atoms with E-state index in [1.54, 1.807) is 43.5 Å². The summed E-state index contributed by atoms with van der Waals surface area (Å²) in [6.07, 6.45) is 5.40. The van der Waals surface area contributed by atoms with Gasteiger partial charge in [0.25, 0.3) is 0 Å². The number of hydrogen-bond donors (Lipinski definition) is 1. The van der Waals surface area contributed by atoms with E-state index in [0.717, 1.165) is 11.3 Å². The van der Waals surface area contributed by atoms with Crippen molar-refractivity contribution in [2.45, 2.75) is 13.3 Å². The lowest BCUT2D eigenvalue weighted by Crippen LogP contribution is -2.20. The van der Waals surface area contributed by atoms with Crippen LogP contribution in [0.2, 0.25) is 5.02 Å². The Balaban J connectivity index is 1.84. The molecule has 1 aromatic carbocycles. The van der Waals surface area contributed by atoms with Gasteiger partial charge in [0.05, 0.1) is 18.4 Å². The molecule has 1 aromatic heterocycles. The standard InChI is InChI=1S/C16H15ClN2O2/c1-12(4-9-15-3-2-10-21-15)18-19-16(20)11-13-5-7-14(17)8-6-13/h2-10H,11H2,1H3,(H,19,20). The minimum absolute atomic E-state index is 0.178. The molecule has 0 aliphatic carbocycles. The first-order valence-corrected chi connectivity index (χ1v) is 6.80. The number of benzene rings is 1. The van der Waals surface area contributed by atoms with Crippen molar-refractivity contribution >= 4 is 29.3 Å². The van der Waals surface area contributed by atoms with Crippen LogP contribution in [-0.4, -0.2) is 11.6 Å². The van der Waals surface area contributed by atoms with Gasteiger partial charge in [-0.05, 0) is 48.9 Å². The number of allylic oxidation sites excluding steroid dienone is 1. The summed E-state index contributed by atoms with van der Waals surface area (Å²) in [4.78, 5) is 11.7. The van der Waals surface area contributed by atoms with E-state index in [4.69, 9.17) is 16.0 Å². The Hall–Kier alpha value is -2.33. The lowest BCUT2D eigenvalue weighted by Gasteiger charge is -2.01. The van der Waals surface area contributed by atoms with E-state index >= 15 is 0 Å². The highest BCUT2D eigenvalue weighted by Crippen LogP contribution is 2.09. The maximum absolute atomic E-state index is 11.7. The number of hydrazone groups is 1. The molecule has 4 nitrogen and oxygen atoms in total. The summed E-state index contributed by atoms with van der Waals surface area (Å²) in [5.41, 5.74) is 4.07. The average Bonchev–Trinajstić information content (AvgIpc) is 2.99. The Morgan fingerprint density at radius 3 is 2.76 bits per heavy atom. The summed E-state index contributed by atoms with van der Waals surface area (Å²) >= 11 is 5.79. The quantitative estimate of drug-likeness (QED) is 0.676. The molecule has 108 valence electrons. The number of rotatable bonds is 5. The van der Waals surface area contributed by atoms with Crippen LogP contribution < -0.4 is 5.43 Å². The summed E-state index contributed by atoms with van der Waals surface area (Å²) in [5.74, 6) is 0.556. The van der Waals surface area contributed by atoms with Crippen molar-refractivity contribution in [2.24, 2.45) is 5.10 Å². The zero-order valence-corrected chi connectivity index (χ0v) is 12.3.